The summed E-state index contributed by atoms with van der Waals surface area (Å²) in [5, 5.41) is 5.78. The molecule has 2 amide bonds. The number of nitrogens with zero attached hydrogens (tertiary/aromatic N) is 1. The Morgan fingerprint density at radius 1 is 1.05 bits per heavy atom. The summed E-state index contributed by atoms with van der Waals surface area (Å²) >= 11 is 0. The lowest BCUT2D eigenvalue weighted by Gasteiger charge is -2.18. The number of nitrogens with one attached hydrogen (secondary N) is 2. The highest BCUT2D eigenvalue weighted by molar-refractivity contribution is 5.94. The molecule has 5 nitrogen and oxygen atoms in total. The van der Waals surface area contributed by atoms with E-state index >= 15 is 0 Å². The van der Waals surface area contributed by atoms with Crippen LogP contribution < -0.4 is 10.6 Å². The summed E-state index contributed by atoms with van der Waals surface area (Å²) in [6, 6.07) is 5.52. The summed E-state index contributed by atoms with van der Waals surface area (Å²) in [4.78, 5) is 25.7. The second-order valence-electron chi connectivity index (χ2n) is 5.34. The van der Waals surface area contributed by atoms with Crippen LogP contribution in [0.1, 0.15) is 39.2 Å². The number of anilines is 2. The van der Waals surface area contributed by atoms with Crippen molar-refractivity contribution >= 4 is 23.2 Å². The molecule has 1 rings (SSSR count). The summed E-state index contributed by atoms with van der Waals surface area (Å²) < 4.78 is 0. The Hall–Kier alpha value is -1.88. The van der Waals surface area contributed by atoms with E-state index in [0.717, 1.165) is 36.4 Å². The molecule has 0 bridgehead atoms. The summed E-state index contributed by atoms with van der Waals surface area (Å²) in [6.07, 6.45) is 1.34. The van der Waals surface area contributed by atoms with Crippen LogP contribution >= 0.6 is 0 Å². The molecule has 0 aliphatic rings. The van der Waals surface area contributed by atoms with E-state index in [4.69, 9.17) is 0 Å². The minimum absolute atomic E-state index is 0.0141. The van der Waals surface area contributed by atoms with Crippen molar-refractivity contribution < 1.29 is 9.59 Å². The number of amides is 2. The average molecular weight is 305 g/mol. The third kappa shape index (κ3) is 5.85. The van der Waals surface area contributed by atoms with E-state index in [9.17, 15) is 9.59 Å². The van der Waals surface area contributed by atoms with Crippen molar-refractivity contribution in [3.63, 3.8) is 0 Å². The highest BCUT2D eigenvalue weighted by Gasteiger charge is 2.09. The highest BCUT2D eigenvalue weighted by Crippen LogP contribution is 2.20. The van der Waals surface area contributed by atoms with E-state index in [-0.39, 0.29) is 11.8 Å². The number of likely N-dealkylation sites (N-methyl/N-ethyl adjacent to an activating group) is 1. The molecule has 22 heavy (non-hydrogen) atoms. The molecule has 0 aliphatic heterocycles. The Bertz CT molecular complexity index is 511. The number of carbonyl (C=O) groups is 2. The molecule has 0 saturated carbocycles. The normalized spacial score (nSPS) is 10.6. The molecule has 0 aromatic heterocycles. The standard InChI is InChI=1S/C17H27N3O2/c1-5-8-16(21)18-14-9-10-15(13(4)11-14)19-17(22)12-20(6-2)7-3/h9-11H,5-8,12H2,1-4H3,(H,18,21)(H,19,22). The lowest BCUT2D eigenvalue weighted by molar-refractivity contribution is -0.117. The molecule has 0 saturated heterocycles. The van der Waals surface area contributed by atoms with Crippen molar-refractivity contribution in [1.82, 2.24) is 4.90 Å². The summed E-state index contributed by atoms with van der Waals surface area (Å²) in [5.74, 6) is -0.00483. The molecule has 0 aliphatic carbocycles. The molecular formula is C17H27N3O2. The molecule has 0 heterocycles. The molecule has 0 radical (unpaired) electrons. The van der Waals surface area contributed by atoms with E-state index in [0.29, 0.717) is 13.0 Å². The molecule has 0 fully saturated rings. The predicted molar refractivity (Wildman–Crippen MR) is 91.1 cm³/mol. The number of benzene rings is 1. The Labute approximate surface area is 133 Å². The van der Waals surface area contributed by atoms with E-state index in [1.807, 2.05) is 45.9 Å². The third-order valence-corrected chi connectivity index (χ3v) is 3.52. The van der Waals surface area contributed by atoms with Gasteiger partial charge in [-0.15, -0.1) is 0 Å². The summed E-state index contributed by atoms with van der Waals surface area (Å²) in [6.45, 7) is 10.1. The zero-order valence-corrected chi connectivity index (χ0v) is 14.0. The van der Waals surface area contributed by atoms with Gasteiger partial charge >= 0.3 is 0 Å². The first-order chi connectivity index (χ1) is 10.5. The van der Waals surface area contributed by atoms with E-state index < -0.39 is 0 Å². The van der Waals surface area contributed by atoms with Crippen LogP contribution in [0.25, 0.3) is 0 Å². The van der Waals surface area contributed by atoms with Crippen LogP contribution in [-0.2, 0) is 9.59 Å². The van der Waals surface area contributed by atoms with Gasteiger partial charge in [-0.3, -0.25) is 14.5 Å². The second-order valence-corrected chi connectivity index (χ2v) is 5.34. The molecule has 5 heteroatoms. The number of hydrogen-bond acceptors (Lipinski definition) is 3. The Kier molecular flexibility index (Phi) is 7.60. The molecule has 1 aromatic rings. The maximum Gasteiger partial charge on any atom is 0.238 e. The quantitative estimate of drug-likeness (QED) is 0.776. The van der Waals surface area contributed by atoms with Crippen LogP contribution in [0.2, 0.25) is 0 Å². The van der Waals surface area contributed by atoms with Crippen molar-refractivity contribution in [2.75, 3.05) is 30.3 Å². The van der Waals surface area contributed by atoms with E-state index in [1.165, 1.54) is 0 Å². The van der Waals surface area contributed by atoms with Gasteiger partial charge in [0, 0.05) is 17.8 Å². The van der Waals surface area contributed by atoms with Crippen molar-refractivity contribution in [3.8, 4) is 0 Å². The maximum absolute atomic E-state index is 12.0. The van der Waals surface area contributed by atoms with Crippen LogP contribution in [-0.4, -0.2) is 36.3 Å². The van der Waals surface area contributed by atoms with Gasteiger partial charge in [0.2, 0.25) is 11.8 Å². The van der Waals surface area contributed by atoms with Crippen molar-refractivity contribution in [3.05, 3.63) is 23.8 Å². The molecule has 122 valence electrons. The monoisotopic (exact) mass is 305 g/mol. The minimum atomic E-state index is -0.0189. The topological polar surface area (TPSA) is 61.4 Å². The predicted octanol–water partition coefficient (Wildman–Crippen LogP) is 3.01. The molecule has 1 aromatic carbocycles. The van der Waals surface area contributed by atoms with Gasteiger partial charge in [0.15, 0.2) is 0 Å². The van der Waals surface area contributed by atoms with Crippen molar-refractivity contribution in [1.29, 1.82) is 0 Å². The highest BCUT2D eigenvalue weighted by atomic mass is 16.2. The molecule has 0 atom stereocenters. The maximum atomic E-state index is 12.0. The molecular weight excluding hydrogens is 278 g/mol. The molecule has 0 unspecified atom stereocenters. The fourth-order valence-corrected chi connectivity index (χ4v) is 2.17. The Morgan fingerprint density at radius 2 is 1.73 bits per heavy atom. The van der Waals surface area contributed by atoms with Crippen molar-refractivity contribution in [2.45, 2.75) is 40.5 Å². The van der Waals surface area contributed by atoms with Crippen LogP contribution in [0.15, 0.2) is 18.2 Å². The van der Waals surface area contributed by atoms with Crippen LogP contribution in [0.4, 0.5) is 11.4 Å². The lowest BCUT2D eigenvalue weighted by Crippen LogP contribution is -2.33. The zero-order chi connectivity index (χ0) is 16.5. The van der Waals surface area contributed by atoms with E-state index in [1.54, 1.807) is 0 Å². The average Bonchev–Trinajstić information content (AvgIpc) is 2.47. The largest absolute Gasteiger partial charge is 0.326 e. The molecule has 0 spiro atoms. The first kappa shape index (κ1) is 18.2. The Morgan fingerprint density at radius 3 is 2.27 bits per heavy atom. The zero-order valence-electron chi connectivity index (χ0n) is 14.0. The summed E-state index contributed by atoms with van der Waals surface area (Å²) in [7, 11) is 0. The van der Waals surface area contributed by atoms with Crippen LogP contribution in [0, 0.1) is 6.92 Å². The van der Waals surface area contributed by atoms with Gasteiger partial charge in [-0.05, 0) is 50.2 Å². The number of rotatable bonds is 8. The first-order valence-corrected chi connectivity index (χ1v) is 7.92. The summed E-state index contributed by atoms with van der Waals surface area (Å²) in [5.41, 5.74) is 2.48. The smallest absolute Gasteiger partial charge is 0.238 e. The SMILES string of the molecule is CCCC(=O)Nc1ccc(NC(=O)CN(CC)CC)c(C)c1. The van der Waals surface area contributed by atoms with Gasteiger partial charge in [-0.1, -0.05) is 20.8 Å². The van der Waals surface area contributed by atoms with Gasteiger partial charge in [-0.2, -0.15) is 0 Å². The number of hydrogen-bond donors (Lipinski definition) is 2. The van der Waals surface area contributed by atoms with Gasteiger partial charge in [0.1, 0.15) is 0 Å². The van der Waals surface area contributed by atoms with Crippen LogP contribution in [0.5, 0.6) is 0 Å². The van der Waals surface area contributed by atoms with Gasteiger partial charge in [0.25, 0.3) is 0 Å². The fourth-order valence-electron chi connectivity index (χ4n) is 2.17. The fraction of sp³-hybridized carbons (Fsp3) is 0.529. The van der Waals surface area contributed by atoms with E-state index in [2.05, 4.69) is 15.5 Å². The Balaban J connectivity index is 2.65. The van der Waals surface area contributed by atoms with Gasteiger partial charge < -0.3 is 10.6 Å². The lowest BCUT2D eigenvalue weighted by atomic mass is 10.1. The van der Waals surface area contributed by atoms with Gasteiger partial charge in [0.05, 0.1) is 6.54 Å². The first-order valence-electron chi connectivity index (χ1n) is 7.92. The molecule has 2 N–H and O–H groups in total. The van der Waals surface area contributed by atoms with Crippen LogP contribution in [0.3, 0.4) is 0 Å². The van der Waals surface area contributed by atoms with Crippen molar-refractivity contribution in [2.24, 2.45) is 0 Å². The number of aryl methyl sites for hydroxylation is 1. The number of carbonyl (C=O) groups excluding carboxylic acids is 2. The third-order valence-electron chi connectivity index (χ3n) is 3.52. The minimum Gasteiger partial charge on any atom is -0.326 e. The van der Waals surface area contributed by atoms with Gasteiger partial charge in [-0.25, -0.2) is 0 Å². The second kappa shape index (κ2) is 9.20.